The van der Waals surface area contributed by atoms with E-state index in [9.17, 15) is 4.57 Å². The second-order valence-corrected chi connectivity index (χ2v) is 4.74. The van der Waals surface area contributed by atoms with Crippen LogP contribution in [0.1, 0.15) is 0 Å². The summed E-state index contributed by atoms with van der Waals surface area (Å²) in [4.78, 5) is 9.16. The quantitative estimate of drug-likeness (QED) is 0.835. The van der Waals surface area contributed by atoms with Crippen LogP contribution in [0, 0.1) is 0 Å². The summed E-state index contributed by atoms with van der Waals surface area (Å²) in [6, 6.07) is 12.8. The molecule has 2 rings (SSSR count). The smallest absolute Gasteiger partial charge is 0.404 e. The molecular weight excluding hydrogens is 227 g/mol. The van der Waals surface area contributed by atoms with Crippen LogP contribution in [0.5, 0.6) is 5.75 Å². The van der Waals surface area contributed by atoms with Crippen molar-refractivity contribution in [1.82, 2.24) is 0 Å². The third-order valence-electron chi connectivity index (χ3n) is 2.17. The molecule has 1 N–H and O–H groups in total. The average Bonchev–Trinajstić information content (AvgIpc) is 2.28. The van der Waals surface area contributed by atoms with Crippen LogP contribution in [0.15, 0.2) is 42.5 Å². The van der Waals surface area contributed by atoms with Gasteiger partial charge >= 0.3 is 7.82 Å². The monoisotopic (exact) mass is 238 g/mol. The third-order valence-corrected chi connectivity index (χ3v) is 3.08. The number of phosphoric ester groups is 1. The summed E-state index contributed by atoms with van der Waals surface area (Å²) >= 11 is 0. The Labute approximate surface area is 93.0 Å². The van der Waals surface area contributed by atoms with Gasteiger partial charge in [0.25, 0.3) is 0 Å². The maximum Gasteiger partial charge on any atom is 0.527 e. The van der Waals surface area contributed by atoms with Crippen molar-refractivity contribution in [2.75, 3.05) is 7.11 Å². The maximum absolute atomic E-state index is 11.2. The molecule has 0 saturated carbocycles. The molecule has 2 aromatic rings. The fourth-order valence-electron chi connectivity index (χ4n) is 1.39. The van der Waals surface area contributed by atoms with Gasteiger partial charge in [-0.05, 0) is 22.9 Å². The molecule has 16 heavy (non-hydrogen) atoms. The zero-order valence-electron chi connectivity index (χ0n) is 8.66. The summed E-state index contributed by atoms with van der Waals surface area (Å²) in [5.74, 6) is 0.311. The van der Waals surface area contributed by atoms with Crippen molar-refractivity contribution in [2.24, 2.45) is 0 Å². The Morgan fingerprint density at radius 1 is 1.12 bits per heavy atom. The molecule has 2 aromatic carbocycles. The minimum absolute atomic E-state index is 0.311. The van der Waals surface area contributed by atoms with Gasteiger partial charge in [0.1, 0.15) is 5.75 Å². The Hall–Kier alpha value is -1.35. The van der Waals surface area contributed by atoms with Crippen LogP contribution in [-0.2, 0) is 9.09 Å². The standard InChI is InChI=1S/C11H11O4P/c1-14-16(12,13)15-11-7-6-9-4-2-3-5-10(9)8-11/h2-8H,1H3,(H,12,13). The Balaban J connectivity index is 2.37. The molecule has 0 spiro atoms. The number of fused-ring (bicyclic) bond motifs is 1. The van der Waals surface area contributed by atoms with Gasteiger partial charge in [-0.2, -0.15) is 0 Å². The van der Waals surface area contributed by atoms with E-state index in [0.29, 0.717) is 5.75 Å². The summed E-state index contributed by atoms with van der Waals surface area (Å²) in [7, 11) is -2.85. The van der Waals surface area contributed by atoms with Crippen molar-refractivity contribution >= 4 is 18.6 Å². The van der Waals surface area contributed by atoms with Gasteiger partial charge in [0.2, 0.25) is 0 Å². The average molecular weight is 238 g/mol. The van der Waals surface area contributed by atoms with Crippen molar-refractivity contribution in [3.63, 3.8) is 0 Å². The first kappa shape index (κ1) is 11.1. The van der Waals surface area contributed by atoms with Crippen molar-refractivity contribution in [3.05, 3.63) is 42.5 Å². The number of rotatable bonds is 3. The molecule has 1 atom stereocenters. The van der Waals surface area contributed by atoms with Gasteiger partial charge in [0.15, 0.2) is 0 Å². The molecule has 5 heteroatoms. The highest BCUT2D eigenvalue weighted by molar-refractivity contribution is 7.47. The van der Waals surface area contributed by atoms with Crippen LogP contribution in [0.3, 0.4) is 0 Å². The normalized spacial score (nSPS) is 14.6. The van der Waals surface area contributed by atoms with Gasteiger partial charge in [-0.1, -0.05) is 30.3 Å². The molecule has 84 valence electrons. The summed E-state index contributed by atoms with van der Waals surface area (Å²) in [6.45, 7) is 0. The minimum atomic E-state index is -3.97. The molecule has 0 aliphatic rings. The molecule has 1 unspecified atom stereocenters. The van der Waals surface area contributed by atoms with Crippen LogP contribution in [0.2, 0.25) is 0 Å². The van der Waals surface area contributed by atoms with Gasteiger partial charge in [0, 0.05) is 7.11 Å². The van der Waals surface area contributed by atoms with E-state index in [0.717, 1.165) is 17.9 Å². The highest BCUT2D eigenvalue weighted by atomic mass is 31.2. The molecule has 0 saturated heterocycles. The molecule has 0 aliphatic carbocycles. The molecule has 0 aromatic heterocycles. The largest absolute Gasteiger partial charge is 0.527 e. The van der Waals surface area contributed by atoms with Crippen molar-refractivity contribution in [3.8, 4) is 5.75 Å². The molecule has 0 fully saturated rings. The lowest BCUT2D eigenvalue weighted by atomic mass is 10.1. The van der Waals surface area contributed by atoms with Crippen molar-refractivity contribution < 1.29 is 18.5 Å². The second kappa shape index (κ2) is 4.26. The van der Waals surface area contributed by atoms with Gasteiger partial charge in [-0.3, -0.25) is 9.42 Å². The van der Waals surface area contributed by atoms with E-state index in [1.54, 1.807) is 12.1 Å². The van der Waals surface area contributed by atoms with E-state index in [-0.39, 0.29) is 0 Å². The first-order chi connectivity index (χ1) is 7.61. The zero-order chi connectivity index (χ0) is 11.6. The van der Waals surface area contributed by atoms with E-state index in [1.807, 2.05) is 30.3 Å². The van der Waals surface area contributed by atoms with E-state index < -0.39 is 7.82 Å². The third kappa shape index (κ3) is 2.42. The van der Waals surface area contributed by atoms with Gasteiger partial charge in [-0.15, -0.1) is 0 Å². The van der Waals surface area contributed by atoms with Gasteiger partial charge in [-0.25, -0.2) is 4.57 Å². The summed E-state index contributed by atoms with van der Waals surface area (Å²) in [5, 5.41) is 1.98. The lowest BCUT2D eigenvalue weighted by Gasteiger charge is -2.10. The highest BCUT2D eigenvalue weighted by Crippen LogP contribution is 2.43. The minimum Gasteiger partial charge on any atom is -0.404 e. The predicted octanol–water partition coefficient (Wildman–Crippen LogP) is 2.97. The van der Waals surface area contributed by atoms with E-state index >= 15 is 0 Å². The van der Waals surface area contributed by atoms with Gasteiger partial charge < -0.3 is 4.52 Å². The molecule has 0 heterocycles. The molecule has 0 radical (unpaired) electrons. The Bertz CT molecular complexity index is 552. The summed E-state index contributed by atoms with van der Waals surface area (Å²) in [6.07, 6.45) is 0. The number of hydrogen-bond donors (Lipinski definition) is 1. The molecule has 0 aliphatic heterocycles. The lowest BCUT2D eigenvalue weighted by molar-refractivity contribution is 0.243. The zero-order valence-corrected chi connectivity index (χ0v) is 9.56. The van der Waals surface area contributed by atoms with Crippen LogP contribution in [0.4, 0.5) is 0 Å². The number of phosphoric acid groups is 1. The van der Waals surface area contributed by atoms with E-state index in [4.69, 9.17) is 9.42 Å². The summed E-state index contributed by atoms with van der Waals surface area (Å²) in [5.41, 5.74) is 0. The van der Waals surface area contributed by atoms with Crippen LogP contribution in [-0.4, -0.2) is 12.0 Å². The highest BCUT2D eigenvalue weighted by Gasteiger charge is 2.20. The molecule has 0 amide bonds. The van der Waals surface area contributed by atoms with Gasteiger partial charge in [0.05, 0.1) is 0 Å². The lowest BCUT2D eigenvalue weighted by Crippen LogP contribution is -1.93. The van der Waals surface area contributed by atoms with Crippen molar-refractivity contribution in [1.29, 1.82) is 0 Å². The van der Waals surface area contributed by atoms with Crippen LogP contribution < -0.4 is 4.52 Å². The number of benzene rings is 2. The first-order valence-corrected chi connectivity index (χ1v) is 6.17. The fourth-order valence-corrected chi connectivity index (χ4v) is 1.85. The Kier molecular flexibility index (Phi) is 2.97. The summed E-state index contributed by atoms with van der Waals surface area (Å²) < 4.78 is 20.4. The molecular formula is C11H11O4P. The fraction of sp³-hybridized carbons (Fsp3) is 0.0909. The topological polar surface area (TPSA) is 55.8 Å². The Morgan fingerprint density at radius 3 is 2.50 bits per heavy atom. The molecule has 4 nitrogen and oxygen atoms in total. The SMILES string of the molecule is COP(=O)(O)Oc1ccc2ccccc2c1. The van der Waals surface area contributed by atoms with E-state index in [1.165, 1.54) is 0 Å². The van der Waals surface area contributed by atoms with Crippen LogP contribution >= 0.6 is 7.82 Å². The van der Waals surface area contributed by atoms with Crippen molar-refractivity contribution in [2.45, 2.75) is 0 Å². The molecule has 0 bridgehead atoms. The Morgan fingerprint density at radius 2 is 1.81 bits per heavy atom. The second-order valence-electron chi connectivity index (χ2n) is 3.25. The van der Waals surface area contributed by atoms with Crippen LogP contribution in [0.25, 0.3) is 10.8 Å². The number of hydrogen-bond acceptors (Lipinski definition) is 3. The first-order valence-electron chi connectivity index (χ1n) is 4.68. The maximum atomic E-state index is 11.2. The predicted molar refractivity (Wildman–Crippen MR) is 61.4 cm³/mol. The van der Waals surface area contributed by atoms with E-state index in [2.05, 4.69) is 4.52 Å².